The summed E-state index contributed by atoms with van der Waals surface area (Å²) in [6, 6.07) is 15.7. The number of aliphatic imine (C=N–C) groups is 1. The summed E-state index contributed by atoms with van der Waals surface area (Å²) < 4.78 is 20.3. The van der Waals surface area contributed by atoms with E-state index in [4.69, 9.17) is 4.74 Å². The highest BCUT2D eigenvalue weighted by molar-refractivity contribution is 5.79. The summed E-state index contributed by atoms with van der Waals surface area (Å²) in [4.78, 5) is 4.64. The molecule has 0 spiro atoms. The molecule has 1 heterocycles. The minimum absolute atomic E-state index is 0.0880. The van der Waals surface area contributed by atoms with Crippen molar-refractivity contribution in [3.05, 3.63) is 83.9 Å². The number of aliphatic hydroxyl groups is 1. The zero-order valence-electron chi connectivity index (χ0n) is 17.5. The third kappa shape index (κ3) is 7.42. The number of aromatic nitrogens is 2. The number of guanidine groups is 1. The van der Waals surface area contributed by atoms with Gasteiger partial charge in [0.2, 0.25) is 0 Å². The van der Waals surface area contributed by atoms with Crippen LogP contribution in [0.3, 0.4) is 0 Å². The number of nitrogens with zero attached hydrogens (tertiary/aromatic N) is 3. The van der Waals surface area contributed by atoms with E-state index in [0.717, 1.165) is 11.1 Å². The van der Waals surface area contributed by atoms with Gasteiger partial charge in [-0.15, -0.1) is 0 Å². The summed E-state index contributed by atoms with van der Waals surface area (Å²) >= 11 is 0. The summed E-state index contributed by atoms with van der Waals surface area (Å²) in [5.74, 6) is 0.791. The molecule has 0 fully saturated rings. The first-order chi connectivity index (χ1) is 15.1. The van der Waals surface area contributed by atoms with Crippen LogP contribution in [-0.4, -0.2) is 46.6 Å². The van der Waals surface area contributed by atoms with Gasteiger partial charge in [-0.1, -0.05) is 24.3 Å². The van der Waals surface area contributed by atoms with Gasteiger partial charge in [-0.25, -0.2) is 9.38 Å². The Hall–Kier alpha value is -3.39. The lowest BCUT2D eigenvalue weighted by atomic mass is 10.1. The second-order valence-electron chi connectivity index (χ2n) is 6.97. The Labute approximate surface area is 181 Å². The smallest absolute Gasteiger partial charge is 0.191 e. The average molecular weight is 426 g/mol. The molecule has 7 nitrogen and oxygen atoms in total. The van der Waals surface area contributed by atoms with Crippen LogP contribution in [0.2, 0.25) is 0 Å². The second kappa shape index (κ2) is 11.7. The van der Waals surface area contributed by atoms with Crippen LogP contribution in [0.5, 0.6) is 5.75 Å². The lowest BCUT2D eigenvalue weighted by molar-refractivity contribution is 0.110. The molecule has 31 heavy (non-hydrogen) atoms. The second-order valence-corrected chi connectivity index (χ2v) is 6.97. The lowest BCUT2D eigenvalue weighted by Gasteiger charge is -2.16. The van der Waals surface area contributed by atoms with Gasteiger partial charge in [0.05, 0.1) is 13.1 Å². The van der Waals surface area contributed by atoms with Gasteiger partial charge in [0.1, 0.15) is 24.3 Å². The average Bonchev–Trinajstić information content (AvgIpc) is 3.29. The number of aliphatic hydroxyl groups excluding tert-OH is 1. The molecule has 2 aromatic carbocycles. The highest BCUT2D eigenvalue weighted by Crippen LogP contribution is 2.12. The molecule has 0 amide bonds. The summed E-state index contributed by atoms with van der Waals surface area (Å²) in [6.07, 6.45) is 2.95. The highest BCUT2D eigenvalue weighted by atomic mass is 19.1. The molecule has 0 saturated heterocycles. The molecule has 1 unspecified atom stereocenters. The van der Waals surface area contributed by atoms with E-state index in [1.54, 1.807) is 6.20 Å². The van der Waals surface area contributed by atoms with Crippen LogP contribution >= 0.6 is 0 Å². The van der Waals surface area contributed by atoms with Crippen molar-refractivity contribution >= 4 is 5.96 Å². The van der Waals surface area contributed by atoms with Crippen molar-refractivity contribution in [3.63, 3.8) is 0 Å². The van der Waals surface area contributed by atoms with Crippen LogP contribution in [0.1, 0.15) is 18.1 Å². The van der Waals surface area contributed by atoms with E-state index in [9.17, 15) is 9.50 Å². The predicted molar refractivity (Wildman–Crippen MR) is 118 cm³/mol. The number of benzene rings is 2. The minimum atomic E-state index is -0.749. The fourth-order valence-corrected chi connectivity index (χ4v) is 2.94. The molecule has 1 aromatic heterocycles. The van der Waals surface area contributed by atoms with Gasteiger partial charge in [-0.2, -0.15) is 5.10 Å². The van der Waals surface area contributed by atoms with E-state index in [-0.39, 0.29) is 19.0 Å². The Morgan fingerprint density at radius 1 is 1.13 bits per heavy atom. The fourth-order valence-electron chi connectivity index (χ4n) is 2.94. The zero-order valence-corrected chi connectivity index (χ0v) is 17.5. The SMILES string of the molecule is CCNC(=NCc1ccccc1Cn1cccn1)NCC(O)COc1ccc(F)cc1. The third-order valence-corrected chi connectivity index (χ3v) is 4.52. The number of hydrogen-bond acceptors (Lipinski definition) is 4. The summed E-state index contributed by atoms with van der Waals surface area (Å²) in [6.45, 7) is 4.21. The Morgan fingerprint density at radius 3 is 2.61 bits per heavy atom. The minimum Gasteiger partial charge on any atom is -0.491 e. The number of rotatable bonds is 10. The first kappa shape index (κ1) is 22.3. The van der Waals surface area contributed by atoms with Gasteiger partial charge in [0.25, 0.3) is 0 Å². The zero-order chi connectivity index (χ0) is 21.9. The maximum atomic E-state index is 12.9. The van der Waals surface area contributed by atoms with Crippen molar-refractivity contribution in [2.24, 2.45) is 4.99 Å². The maximum Gasteiger partial charge on any atom is 0.191 e. The molecule has 1 atom stereocenters. The third-order valence-electron chi connectivity index (χ3n) is 4.52. The Bertz CT molecular complexity index is 945. The summed E-state index contributed by atoms with van der Waals surface area (Å²) in [5.41, 5.74) is 2.26. The number of nitrogens with one attached hydrogen (secondary N) is 2. The molecule has 3 aromatic rings. The van der Waals surface area contributed by atoms with Crippen LogP contribution in [0.25, 0.3) is 0 Å². The Morgan fingerprint density at radius 2 is 1.90 bits per heavy atom. The van der Waals surface area contributed by atoms with E-state index in [1.165, 1.54) is 24.3 Å². The van der Waals surface area contributed by atoms with Crippen molar-refractivity contribution in [1.29, 1.82) is 0 Å². The Kier molecular flexibility index (Phi) is 8.42. The van der Waals surface area contributed by atoms with Crippen molar-refractivity contribution < 1.29 is 14.2 Å². The molecule has 0 saturated carbocycles. The molecule has 8 heteroatoms. The molecule has 0 bridgehead atoms. The summed E-state index contributed by atoms with van der Waals surface area (Å²) in [5, 5.41) is 20.8. The first-order valence-electron chi connectivity index (χ1n) is 10.3. The maximum absolute atomic E-state index is 12.9. The summed E-state index contributed by atoms with van der Waals surface area (Å²) in [7, 11) is 0. The molecular formula is C23H28FN5O2. The van der Waals surface area contributed by atoms with E-state index >= 15 is 0 Å². The molecular weight excluding hydrogens is 397 g/mol. The van der Waals surface area contributed by atoms with Gasteiger partial charge in [-0.3, -0.25) is 4.68 Å². The molecule has 0 aliphatic rings. The van der Waals surface area contributed by atoms with Crippen molar-refractivity contribution in [1.82, 2.24) is 20.4 Å². The fraction of sp³-hybridized carbons (Fsp3) is 0.304. The van der Waals surface area contributed by atoms with E-state index in [2.05, 4.69) is 32.9 Å². The van der Waals surface area contributed by atoms with Crippen molar-refractivity contribution in [2.75, 3.05) is 19.7 Å². The van der Waals surface area contributed by atoms with Crippen LogP contribution in [-0.2, 0) is 13.1 Å². The Balaban J connectivity index is 1.53. The van der Waals surface area contributed by atoms with E-state index in [0.29, 0.717) is 31.3 Å². The van der Waals surface area contributed by atoms with Gasteiger partial charge in [-0.05, 0) is 48.4 Å². The van der Waals surface area contributed by atoms with E-state index < -0.39 is 6.10 Å². The van der Waals surface area contributed by atoms with Crippen LogP contribution < -0.4 is 15.4 Å². The molecule has 164 valence electrons. The molecule has 0 radical (unpaired) electrons. The largest absolute Gasteiger partial charge is 0.491 e. The van der Waals surface area contributed by atoms with Crippen LogP contribution in [0, 0.1) is 5.82 Å². The van der Waals surface area contributed by atoms with Gasteiger partial charge in [0.15, 0.2) is 5.96 Å². The monoisotopic (exact) mass is 425 g/mol. The molecule has 0 aliphatic carbocycles. The van der Waals surface area contributed by atoms with Gasteiger partial charge in [0, 0.05) is 25.5 Å². The quantitative estimate of drug-likeness (QED) is 0.344. The number of halogens is 1. The molecule has 3 rings (SSSR count). The topological polar surface area (TPSA) is 83.7 Å². The predicted octanol–water partition coefficient (Wildman–Crippen LogP) is 2.57. The van der Waals surface area contributed by atoms with Crippen LogP contribution in [0.4, 0.5) is 4.39 Å². The van der Waals surface area contributed by atoms with Crippen molar-refractivity contribution in [2.45, 2.75) is 26.1 Å². The standard InChI is InChI=1S/C23H28FN5O2/c1-2-25-23(27-15-21(30)17-31-22-10-8-20(24)9-11-22)26-14-18-6-3-4-7-19(18)16-29-13-5-12-28-29/h3-13,21,30H,2,14-17H2,1H3,(H2,25,26,27). The number of hydrogen-bond donors (Lipinski definition) is 3. The number of ether oxygens (including phenoxy) is 1. The van der Waals surface area contributed by atoms with Gasteiger partial charge < -0.3 is 20.5 Å². The lowest BCUT2D eigenvalue weighted by Crippen LogP contribution is -2.42. The van der Waals surface area contributed by atoms with Crippen molar-refractivity contribution in [3.8, 4) is 5.75 Å². The van der Waals surface area contributed by atoms with E-state index in [1.807, 2.05) is 36.0 Å². The molecule has 3 N–H and O–H groups in total. The first-order valence-corrected chi connectivity index (χ1v) is 10.3. The van der Waals surface area contributed by atoms with Gasteiger partial charge >= 0.3 is 0 Å². The highest BCUT2D eigenvalue weighted by Gasteiger charge is 2.08. The molecule has 0 aliphatic heterocycles. The normalized spacial score (nSPS) is 12.4. The van der Waals surface area contributed by atoms with Crippen LogP contribution in [0.15, 0.2) is 72.0 Å².